The first-order chi connectivity index (χ1) is 11.3. The van der Waals surface area contributed by atoms with E-state index in [0.29, 0.717) is 13.0 Å². The van der Waals surface area contributed by atoms with Crippen molar-refractivity contribution < 1.29 is 4.79 Å². The van der Waals surface area contributed by atoms with Gasteiger partial charge in [-0.05, 0) is 17.5 Å². The fourth-order valence-electron chi connectivity index (χ4n) is 2.53. The topological polar surface area (TPSA) is 46.9 Å². The highest BCUT2D eigenvalue weighted by Crippen LogP contribution is 2.07. The van der Waals surface area contributed by atoms with Crippen molar-refractivity contribution in [3.8, 4) is 0 Å². The molecule has 2 aromatic rings. The Labute approximate surface area is 138 Å². The van der Waals surface area contributed by atoms with Gasteiger partial charge in [0, 0.05) is 31.9 Å². The quantitative estimate of drug-likeness (QED) is 0.676. The lowest BCUT2D eigenvalue weighted by atomic mass is 10.1. The SMILES string of the molecule is CCCCCCCC(=O)NCc1ccc(Cn2ccnc2)cc1. The van der Waals surface area contributed by atoms with E-state index < -0.39 is 0 Å². The zero-order chi connectivity index (χ0) is 16.3. The van der Waals surface area contributed by atoms with Gasteiger partial charge in [0.2, 0.25) is 5.91 Å². The average molecular weight is 313 g/mol. The maximum Gasteiger partial charge on any atom is 0.220 e. The van der Waals surface area contributed by atoms with Gasteiger partial charge in [-0.25, -0.2) is 4.98 Å². The molecule has 0 aliphatic rings. The maximum atomic E-state index is 11.8. The first-order valence-electron chi connectivity index (χ1n) is 8.58. The van der Waals surface area contributed by atoms with E-state index in [-0.39, 0.29) is 5.91 Å². The number of carbonyl (C=O) groups excluding carboxylic acids is 1. The zero-order valence-electron chi connectivity index (χ0n) is 14.0. The molecule has 0 unspecified atom stereocenters. The molecule has 0 saturated carbocycles. The van der Waals surface area contributed by atoms with Crippen LogP contribution >= 0.6 is 0 Å². The molecule has 0 saturated heterocycles. The largest absolute Gasteiger partial charge is 0.352 e. The molecule has 0 atom stereocenters. The summed E-state index contributed by atoms with van der Waals surface area (Å²) in [4.78, 5) is 15.8. The Morgan fingerprint density at radius 3 is 2.52 bits per heavy atom. The molecule has 4 nitrogen and oxygen atoms in total. The van der Waals surface area contributed by atoms with Crippen molar-refractivity contribution in [3.05, 3.63) is 54.1 Å². The predicted octanol–water partition coefficient (Wildman–Crippen LogP) is 3.91. The van der Waals surface area contributed by atoms with E-state index in [4.69, 9.17) is 0 Å². The Balaban J connectivity index is 1.66. The van der Waals surface area contributed by atoms with E-state index in [2.05, 4.69) is 41.5 Å². The van der Waals surface area contributed by atoms with Crippen LogP contribution in [0, 0.1) is 0 Å². The molecule has 124 valence electrons. The summed E-state index contributed by atoms with van der Waals surface area (Å²) in [5.74, 6) is 0.156. The fraction of sp³-hybridized carbons (Fsp3) is 0.474. The number of rotatable bonds is 10. The van der Waals surface area contributed by atoms with Crippen molar-refractivity contribution in [3.63, 3.8) is 0 Å². The van der Waals surface area contributed by atoms with Gasteiger partial charge in [0.15, 0.2) is 0 Å². The lowest BCUT2D eigenvalue weighted by Gasteiger charge is -2.07. The van der Waals surface area contributed by atoms with Gasteiger partial charge in [0.1, 0.15) is 0 Å². The Bertz CT molecular complexity index is 561. The Morgan fingerprint density at radius 1 is 1.09 bits per heavy atom. The fourth-order valence-corrected chi connectivity index (χ4v) is 2.53. The number of nitrogens with zero attached hydrogens (tertiary/aromatic N) is 2. The summed E-state index contributed by atoms with van der Waals surface area (Å²) < 4.78 is 2.04. The zero-order valence-corrected chi connectivity index (χ0v) is 14.0. The minimum Gasteiger partial charge on any atom is -0.352 e. The molecular weight excluding hydrogens is 286 g/mol. The Hall–Kier alpha value is -2.10. The number of imidazole rings is 1. The first-order valence-corrected chi connectivity index (χ1v) is 8.58. The van der Waals surface area contributed by atoms with Gasteiger partial charge in [-0.15, -0.1) is 0 Å². The molecule has 0 aliphatic heterocycles. The Morgan fingerprint density at radius 2 is 1.83 bits per heavy atom. The lowest BCUT2D eigenvalue weighted by Crippen LogP contribution is -2.22. The molecule has 1 N–H and O–H groups in total. The molecule has 0 aliphatic carbocycles. The number of hydrogen-bond donors (Lipinski definition) is 1. The minimum atomic E-state index is 0.156. The molecule has 1 aromatic carbocycles. The number of nitrogens with one attached hydrogen (secondary N) is 1. The summed E-state index contributed by atoms with van der Waals surface area (Å²) in [6.45, 7) is 3.64. The van der Waals surface area contributed by atoms with E-state index >= 15 is 0 Å². The molecule has 0 radical (unpaired) electrons. The maximum absolute atomic E-state index is 11.8. The van der Waals surface area contributed by atoms with Crippen molar-refractivity contribution >= 4 is 5.91 Å². The number of hydrogen-bond acceptors (Lipinski definition) is 2. The molecule has 23 heavy (non-hydrogen) atoms. The molecule has 2 rings (SSSR count). The van der Waals surface area contributed by atoms with Crippen LogP contribution in [0.5, 0.6) is 0 Å². The molecule has 1 aromatic heterocycles. The molecule has 4 heteroatoms. The smallest absolute Gasteiger partial charge is 0.220 e. The second-order valence-electron chi connectivity index (χ2n) is 5.99. The predicted molar refractivity (Wildman–Crippen MR) is 93.0 cm³/mol. The summed E-state index contributed by atoms with van der Waals surface area (Å²) in [5, 5.41) is 3.00. The average Bonchev–Trinajstić information content (AvgIpc) is 3.07. The summed E-state index contributed by atoms with van der Waals surface area (Å²) in [6.07, 6.45) is 12.1. The van der Waals surface area contributed by atoms with Gasteiger partial charge >= 0.3 is 0 Å². The van der Waals surface area contributed by atoms with Crippen molar-refractivity contribution in [2.45, 2.75) is 58.5 Å². The summed E-state index contributed by atoms with van der Waals surface area (Å²) in [6, 6.07) is 8.36. The van der Waals surface area contributed by atoms with Gasteiger partial charge in [-0.2, -0.15) is 0 Å². The molecular formula is C19H27N3O. The van der Waals surface area contributed by atoms with E-state index in [1.54, 1.807) is 6.20 Å². The highest BCUT2D eigenvalue weighted by Gasteiger charge is 2.02. The van der Waals surface area contributed by atoms with Gasteiger partial charge in [-0.1, -0.05) is 56.9 Å². The highest BCUT2D eigenvalue weighted by molar-refractivity contribution is 5.75. The van der Waals surface area contributed by atoms with Crippen molar-refractivity contribution in [1.82, 2.24) is 14.9 Å². The third kappa shape index (κ3) is 6.68. The molecule has 1 heterocycles. The molecule has 0 fully saturated rings. The van der Waals surface area contributed by atoms with Crippen molar-refractivity contribution in [2.24, 2.45) is 0 Å². The van der Waals surface area contributed by atoms with Crippen LogP contribution in [0.3, 0.4) is 0 Å². The van der Waals surface area contributed by atoms with Crippen LogP contribution in [-0.2, 0) is 17.9 Å². The molecule has 1 amide bonds. The Kier molecular flexibility index (Phi) is 7.37. The monoisotopic (exact) mass is 313 g/mol. The number of carbonyl (C=O) groups is 1. The summed E-state index contributed by atoms with van der Waals surface area (Å²) in [7, 11) is 0. The third-order valence-corrected chi connectivity index (χ3v) is 3.94. The lowest BCUT2D eigenvalue weighted by molar-refractivity contribution is -0.121. The second-order valence-corrected chi connectivity index (χ2v) is 5.99. The third-order valence-electron chi connectivity index (χ3n) is 3.94. The van der Waals surface area contributed by atoms with E-state index in [1.807, 2.05) is 17.1 Å². The number of aromatic nitrogens is 2. The van der Waals surface area contributed by atoms with Gasteiger partial charge in [0.05, 0.1) is 6.33 Å². The van der Waals surface area contributed by atoms with Gasteiger partial charge in [0.25, 0.3) is 0 Å². The summed E-state index contributed by atoms with van der Waals surface area (Å²) in [5.41, 5.74) is 2.37. The van der Waals surface area contributed by atoms with E-state index in [9.17, 15) is 4.79 Å². The molecule has 0 spiro atoms. The normalized spacial score (nSPS) is 10.7. The van der Waals surface area contributed by atoms with Crippen LogP contribution in [0.15, 0.2) is 43.0 Å². The van der Waals surface area contributed by atoms with Crippen LogP contribution in [0.25, 0.3) is 0 Å². The van der Waals surface area contributed by atoms with Crippen LogP contribution in [0.2, 0.25) is 0 Å². The van der Waals surface area contributed by atoms with Crippen LogP contribution in [0.1, 0.15) is 56.6 Å². The van der Waals surface area contributed by atoms with Crippen LogP contribution < -0.4 is 5.32 Å². The number of unbranched alkanes of at least 4 members (excludes halogenated alkanes) is 4. The van der Waals surface area contributed by atoms with E-state index in [0.717, 1.165) is 24.9 Å². The van der Waals surface area contributed by atoms with Crippen LogP contribution in [-0.4, -0.2) is 15.5 Å². The standard InChI is InChI=1S/C19H27N3O/c1-2-3-4-5-6-7-19(23)21-14-17-8-10-18(11-9-17)15-22-13-12-20-16-22/h8-13,16H,2-7,14-15H2,1H3,(H,21,23). The van der Waals surface area contributed by atoms with Crippen molar-refractivity contribution in [2.75, 3.05) is 0 Å². The number of amides is 1. The first kappa shape index (κ1) is 17.3. The van der Waals surface area contributed by atoms with Crippen molar-refractivity contribution in [1.29, 1.82) is 0 Å². The van der Waals surface area contributed by atoms with Gasteiger partial charge in [-0.3, -0.25) is 4.79 Å². The summed E-state index contributed by atoms with van der Waals surface area (Å²) >= 11 is 0. The number of benzene rings is 1. The molecule has 0 bridgehead atoms. The van der Waals surface area contributed by atoms with Crippen LogP contribution in [0.4, 0.5) is 0 Å². The second kappa shape index (κ2) is 9.82. The van der Waals surface area contributed by atoms with E-state index in [1.165, 1.54) is 24.8 Å². The van der Waals surface area contributed by atoms with Gasteiger partial charge < -0.3 is 9.88 Å². The highest BCUT2D eigenvalue weighted by atomic mass is 16.1. The minimum absolute atomic E-state index is 0.156.